The first-order valence-corrected chi connectivity index (χ1v) is 17.0. The third kappa shape index (κ3) is 2.91. The number of allylic oxidation sites excluding steroid dienone is 7. The summed E-state index contributed by atoms with van der Waals surface area (Å²) < 4.78 is 0. The lowest BCUT2D eigenvalue weighted by molar-refractivity contribution is -0.122. The van der Waals surface area contributed by atoms with Gasteiger partial charge < -0.3 is 4.90 Å². The molecule has 7 atom stereocenters. The van der Waals surface area contributed by atoms with Gasteiger partial charge >= 0.3 is 0 Å². The van der Waals surface area contributed by atoms with E-state index in [-0.39, 0.29) is 22.4 Å². The maximum absolute atomic E-state index is 9.89. The zero-order chi connectivity index (χ0) is 31.9. The topological polar surface area (TPSA) is 63.7 Å². The fraction of sp³-hybridized carbons (Fsp3) is 0.205. The van der Waals surface area contributed by atoms with Gasteiger partial charge in [0.05, 0.1) is 6.04 Å². The molecule has 0 amide bonds. The molecule has 1 aromatic heterocycles. The van der Waals surface area contributed by atoms with Crippen LogP contribution in [0.2, 0.25) is 0 Å². The van der Waals surface area contributed by atoms with E-state index in [4.69, 9.17) is 0 Å². The number of hydrogen-bond acceptors (Lipinski definition) is 4. The van der Waals surface area contributed by atoms with E-state index < -0.39 is 0 Å². The summed E-state index contributed by atoms with van der Waals surface area (Å²) in [5.41, 5.74) is 13.8. The number of nitriles is 2. The Labute approximate surface area is 280 Å². The van der Waals surface area contributed by atoms with Crippen molar-refractivity contribution in [2.24, 2.45) is 17.8 Å². The minimum Gasteiger partial charge on any atom is -0.333 e. The van der Waals surface area contributed by atoms with Gasteiger partial charge in [0.2, 0.25) is 0 Å². The number of nitrogens with zero attached hydrogens (tertiary/aromatic N) is 4. The molecule has 8 aliphatic rings. The lowest BCUT2D eigenvalue weighted by atomic mass is 9.28. The molecular weight excluding hydrogens is 585 g/mol. The van der Waals surface area contributed by atoms with Crippen molar-refractivity contribution in [2.45, 2.75) is 36.1 Å². The van der Waals surface area contributed by atoms with Crippen LogP contribution in [0.3, 0.4) is 0 Å². The Morgan fingerprint density at radius 2 is 1.75 bits per heavy atom. The molecule has 226 valence electrons. The second-order valence-electron chi connectivity index (χ2n) is 14.7. The van der Waals surface area contributed by atoms with Crippen molar-refractivity contribution in [3.63, 3.8) is 0 Å². The van der Waals surface area contributed by atoms with Crippen LogP contribution in [-0.2, 0) is 10.8 Å². The van der Waals surface area contributed by atoms with Crippen LogP contribution < -0.4 is 4.90 Å². The fourth-order valence-corrected chi connectivity index (χ4v) is 11.0. The van der Waals surface area contributed by atoms with Gasteiger partial charge in [-0.2, -0.15) is 10.5 Å². The highest BCUT2D eigenvalue weighted by atomic mass is 15.2. The summed E-state index contributed by atoms with van der Waals surface area (Å²) in [4.78, 5) is 7.17. The monoisotopic (exact) mass is 614 g/mol. The molecule has 1 aliphatic heterocycles. The summed E-state index contributed by atoms with van der Waals surface area (Å²) in [6.45, 7) is 2.34. The van der Waals surface area contributed by atoms with Crippen LogP contribution in [0.4, 0.5) is 11.4 Å². The molecule has 1 spiro atoms. The van der Waals surface area contributed by atoms with E-state index in [2.05, 4.69) is 126 Å². The Morgan fingerprint density at radius 1 is 0.896 bits per heavy atom. The van der Waals surface area contributed by atoms with Gasteiger partial charge in [-0.15, -0.1) is 0 Å². The molecule has 2 fully saturated rings. The van der Waals surface area contributed by atoms with E-state index in [9.17, 15) is 10.5 Å². The number of aromatic nitrogens is 1. The summed E-state index contributed by atoms with van der Waals surface area (Å²) in [7, 11) is 0. The molecule has 4 aromatic rings. The van der Waals surface area contributed by atoms with Crippen molar-refractivity contribution in [3.8, 4) is 23.3 Å². The molecular formula is C44H30N4. The standard InChI is InChI=1S/C44H30N4/c1-43-21-26(25-9-12-30-29-6-2-3-7-32(29)41(33(30)18-25)27(22-45)23-46)10-14-40(43)48(39-15-17-47-24-38(39)43)28-11-13-31-34-20-37-42(34)35-8-4-5-16-44(35,37)36(31)19-28/h2-19,21,24,34-35,37,40,42H,20H2,1H3. The molecule has 4 nitrogen and oxygen atoms in total. The van der Waals surface area contributed by atoms with Crippen LogP contribution in [0.15, 0.2) is 127 Å². The Kier molecular flexibility index (Phi) is 4.83. The van der Waals surface area contributed by atoms with Gasteiger partial charge in [0.25, 0.3) is 0 Å². The lowest BCUT2D eigenvalue weighted by Crippen LogP contribution is -2.70. The fourth-order valence-electron chi connectivity index (χ4n) is 11.0. The molecule has 48 heavy (non-hydrogen) atoms. The molecule has 2 saturated carbocycles. The normalized spacial score (nSPS) is 31.1. The van der Waals surface area contributed by atoms with E-state index in [0.717, 1.165) is 50.8 Å². The molecule has 7 unspecified atom stereocenters. The molecule has 0 radical (unpaired) electrons. The minimum absolute atomic E-state index is 0.0961. The van der Waals surface area contributed by atoms with Crippen LogP contribution in [-0.4, -0.2) is 11.0 Å². The van der Waals surface area contributed by atoms with Crippen molar-refractivity contribution in [1.82, 2.24) is 4.98 Å². The molecule has 12 rings (SSSR count). The van der Waals surface area contributed by atoms with Gasteiger partial charge in [-0.25, -0.2) is 0 Å². The van der Waals surface area contributed by atoms with E-state index in [0.29, 0.717) is 11.8 Å². The predicted octanol–water partition coefficient (Wildman–Crippen LogP) is 9.07. The highest BCUT2D eigenvalue weighted by Gasteiger charge is 2.72. The van der Waals surface area contributed by atoms with Gasteiger partial charge in [-0.3, -0.25) is 4.98 Å². The number of anilines is 2. The first-order valence-electron chi connectivity index (χ1n) is 17.0. The van der Waals surface area contributed by atoms with Gasteiger partial charge in [0.1, 0.15) is 17.7 Å². The average Bonchev–Trinajstić information content (AvgIpc) is 3.58. The molecule has 4 heteroatoms. The smallest absolute Gasteiger partial charge is 0.138 e. The number of rotatable bonds is 2. The Balaban J connectivity index is 1.02. The van der Waals surface area contributed by atoms with Gasteiger partial charge in [-0.05, 0) is 106 Å². The molecule has 4 bridgehead atoms. The quantitative estimate of drug-likeness (QED) is 0.186. The average molecular weight is 615 g/mol. The van der Waals surface area contributed by atoms with Crippen LogP contribution in [0, 0.1) is 40.4 Å². The highest BCUT2D eigenvalue weighted by molar-refractivity contribution is 6.05. The number of benzene rings is 3. The number of pyridine rings is 1. The van der Waals surface area contributed by atoms with E-state index in [1.807, 2.05) is 24.4 Å². The van der Waals surface area contributed by atoms with E-state index in [1.54, 1.807) is 11.1 Å². The molecule has 7 aliphatic carbocycles. The summed E-state index contributed by atoms with van der Waals surface area (Å²) in [5.74, 6) is 2.95. The maximum atomic E-state index is 9.89. The third-order valence-electron chi connectivity index (χ3n) is 13.0. The zero-order valence-corrected chi connectivity index (χ0v) is 26.4. The Bertz CT molecular complexity index is 2410. The molecule has 3 aromatic carbocycles. The SMILES string of the molecule is CC12C=C(c3ccc4c(c3)C(=C(C#N)C#N)c3ccccc3-4)C=CC1N(c1ccc3c(c1)C14C=CC=CC1C1C3CC14)c1ccncc12. The van der Waals surface area contributed by atoms with Gasteiger partial charge in [0, 0.05) is 45.7 Å². The first kappa shape index (κ1) is 26.4. The summed E-state index contributed by atoms with van der Waals surface area (Å²) in [6.07, 6.45) is 21.9. The van der Waals surface area contributed by atoms with Crippen LogP contribution >= 0.6 is 0 Å². The summed E-state index contributed by atoms with van der Waals surface area (Å²) in [6, 6.07) is 28.5. The lowest BCUT2D eigenvalue weighted by Gasteiger charge is -2.75. The second kappa shape index (κ2) is 8.80. The predicted molar refractivity (Wildman–Crippen MR) is 188 cm³/mol. The minimum atomic E-state index is -0.313. The van der Waals surface area contributed by atoms with Crippen molar-refractivity contribution in [3.05, 3.63) is 161 Å². The summed E-state index contributed by atoms with van der Waals surface area (Å²) in [5, 5.41) is 19.8. The third-order valence-corrected chi connectivity index (χ3v) is 13.0. The molecule has 2 heterocycles. The van der Waals surface area contributed by atoms with Crippen LogP contribution in [0.1, 0.15) is 52.6 Å². The van der Waals surface area contributed by atoms with Crippen LogP contribution in [0.5, 0.6) is 0 Å². The maximum Gasteiger partial charge on any atom is 0.138 e. The Morgan fingerprint density at radius 3 is 2.62 bits per heavy atom. The van der Waals surface area contributed by atoms with Gasteiger partial charge in [0.15, 0.2) is 0 Å². The molecule has 0 saturated heterocycles. The second-order valence-corrected chi connectivity index (χ2v) is 14.7. The Hall–Kier alpha value is -5.71. The van der Waals surface area contributed by atoms with E-state index >= 15 is 0 Å². The van der Waals surface area contributed by atoms with Crippen molar-refractivity contribution >= 4 is 22.5 Å². The van der Waals surface area contributed by atoms with Crippen molar-refractivity contribution < 1.29 is 0 Å². The van der Waals surface area contributed by atoms with Crippen molar-refractivity contribution in [2.75, 3.05) is 4.90 Å². The first-order chi connectivity index (χ1) is 23.6. The molecule has 0 N–H and O–H groups in total. The van der Waals surface area contributed by atoms with E-state index in [1.165, 1.54) is 23.4 Å². The van der Waals surface area contributed by atoms with Gasteiger partial charge in [-0.1, -0.05) is 85.0 Å². The number of fused-ring (bicyclic) bond motifs is 6. The highest BCUT2D eigenvalue weighted by Crippen LogP contribution is 2.78. The largest absolute Gasteiger partial charge is 0.333 e. The summed E-state index contributed by atoms with van der Waals surface area (Å²) >= 11 is 0. The van der Waals surface area contributed by atoms with Crippen molar-refractivity contribution in [1.29, 1.82) is 10.5 Å². The van der Waals surface area contributed by atoms with Crippen LogP contribution in [0.25, 0.3) is 22.3 Å². The number of hydrogen-bond donors (Lipinski definition) is 0. The zero-order valence-electron chi connectivity index (χ0n) is 26.4.